The normalized spacial score (nSPS) is 37.8. The fourth-order valence-electron chi connectivity index (χ4n) is 0.846. The Balaban J connectivity index is 2.42. The Morgan fingerprint density at radius 2 is 2.12 bits per heavy atom. The first-order chi connectivity index (χ1) is 3.79. The van der Waals surface area contributed by atoms with E-state index in [1.165, 1.54) is 0 Å². The fraction of sp³-hybridized carbons (Fsp3) is 0.667. The van der Waals surface area contributed by atoms with Crippen LogP contribution in [0.5, 0.6) is 0 Å². The van der Waals surface area contributed by atoms with Gasteiger partial charge in [0.25, 0.3) is 0 Å². The van der Waals surface area contributed by atoms with Crippen LogP contribution in [0.2, 0.25) is 0 Å². The van der Waals surface area contributed by atoms with Crippen molar-refractivity contribution in [2.24, 2.45) is 0 Å². The summed E-state index contributed by atoms with van der Waals surface area (Å²) in [5, 5.41) is 0.994. The summed E-state index contributed by atoms with van der Waals surface area (Å²) in [6.07, 6.45) is 6.51. The number of hydrogen-bond acceptors (Lipinski definition) is 2. The van der Waals surface area contributed by atoms with Crippen LogP contribution in [0.15, 0.2) is 12.2 Å². The third kappa shape index (κ3) is 1.75. The minimum Gasteiger partial charge on any atom is -0.176 e. The van der Waals surface area contributed by atoms with Gasteiger partial charge in [-0.2, -0.15) is 25.3 Å². The van der Waals surface area contributed by atoms with Gasteiger partial charge in [0, 0.05) is 10.5 Å². The first kappa shape index (κ1) is 6.56. The van der Waals surface area contributed by atoms with Gasteiger partial charge in [0.2, 0.25) is 0 Å². The van der Waals surface area contributed by atoms with Crippen LogP contribution >= 0.6 is 25.3 Å². The summed E-state index contributed by atoms with van der Waals surface area (Å²) < 4.78 is 0. The predicted molar refractivity (Wildman–Crippen MR) is 43.9 cm³/mol. The molecule has 0 aromatic carbocycles. The summed E-state index contributed by atoms with van der Waals surface area (Å²) in [6.45, 7) is 0. The zero-order valence-electron chi connectivity index (χ0n) is 4.62. The third-order valence-electron chi connectivity index (χ3n) is 1.28. The van der Waals surface area contributed by atoms with E-state index in [0.717, 1.165) is 12.8 Å². The lowest BCUT2D eigenvalue weighted by Gasteiger charge is -2.15. The van der Waals surface area contributed by atoms with Crippen LogP contribution in [0.3, 0.4) is 0 Å². The van der Waals surface area contributed by atoms with Crippen molar-refractivity contribution in [3.8, 4) is 0 Å². The maximum atomic E-state index is 4.32. The van der Waals surface area contributed by atoms with Crippen LogP contribution in [-0.2, 0) is 0 Å². The molecule has 2 unspecified atom stereocenters. The molecule has 8 heavy (non-hydrogen) atoms. The second kappa shape index (κ2) is 2.83. The highest BCUT2D eigenvalue weighted by Crippen LogP contribution is 2.19. The quantitative estimate of drug-likeness (QED) is 0.379. The molecule has 2 atom stereocenters. The van der Waals surface area contributed by atoms with Gasteiger partial charge in [0.05, 0.1) is 0 Å². The molecule has 46 valence electrons. The Kier molecular flexibility index (Phi) is 2.32. The lowest BCUT2D eigenvalue weighted by molar-refractivity contribution is 0.767. The van der Waals surface area contributed by atoms with E-state index in [4.69, 9.17) is 0 Å². The van der Waals surface area contributed by atoms with Gasteiger partial charge in [-0.3, -0.25) is 0 Å². The predicted octanol–water partition coefficient (Wildman–Crippen LogP) is 1.93. The number of thiol groups is 2. The summed E-state index contributed by atoms with van der Waals surface area (Å²) >= 11 is 8.61. The molecular formula is C6H10S2. The average molecular weight is 146 g/mol. The molecule has 0 N–H and O–H groups in total. The Morgan fingerprint density at radius 3 is 2.50 bits per heavy atom. The van der Waals surface area contributed by atoms with Gasteiger partial charge in [0.1, 0.15) is 0 Å². The molecule has 0 aliphatic heterocycles. The zero-order chi connectivity index (χ0) is 5.98. The topological polar surface area (TPSA) is 0 Å². The van der Waals surface area contributed by atoms with Crippen molar-refractivity contribution < 1.29 is 0 Å². The molecular weight excluding hydrogens is 136 g/mol. The maximum Gasteiger partial charge on any atom is 0.0207 e. The highest BCUT2D eigenvalue weighted by molar-refractivity contribution is 7.82. The van der Waals surface area contributed by atoms with E-state index in [1.807, 2.05) is 0 Å². The molecule has 0 bridgehead atoms. The molecule has 1 rings (SSSR count). The number of rotatable bonds is 0. The van der Waals surface area contributed by atoms with Crippen molar-refractivity contribution in [2.75, 3.05) is 0 Å². The fourth-order valence-corrected chi connectivity index (χ4v) is 1.74. The molecule has 1 aliphatic rings. The summed E-state index contributed by atoms with van der Waals surface area (Å²) in [4.78, 5) is 0. The smallest absolute Gasteiger partial charge is 0.0207 e. The molecule has 0 nitrogen and oxygen atoms in total. The lowest BCUT2D eigenvalue weighted by Crippen LogP contribution is -2.09. The van der Waals surface area contributed by atoms with Crippen LogP contribution in [0, 0.1) is 0 Å². The Morgan fingerprint density at radius 1 is 1.38 bits per heavy atom. The summed E-state index contributed by atoms with van der Waals surface area (Å²) in [6, 6.07) is 0. The van der Waals surface area contributed by atoms with E-state index in [9.17, 15) is 0 Å². The van der Waals surface area contributed by atoms with Gasteiger partial charge in [-0.1, -0.05) is 12.2 Å². The van der Waals surface area contributed by atoms with Crippen LogP contribution < -0.4 is 0 Å². The molecule has 1 aliphatic carbocycles. The van der Waals surface area contributed by atoms with E-state index in [0.29, 0.717) is 10.5 Å². The molecule has 0 spiro atoms. The molecule has 2 heteroatoms. The largest absolute Gasteiger partial charge is 0.176 e. The zero-order valence-corrected chi connectivity index (χ0v) is 6.41. The van der Waals surface area contributed by atoms with Crippen LogP contribution in [0.4, 0.5) is 0 Å². The van der Waals surface area contributed by atoms with E-state index < -0.39 is 0 Å². The van der Waals surface area contributed by atoms with Crippen LogP contribution in [-0.4, -0.2) is 10.5 Å². The van der Waals surface area contributed by atoms with Gasteiger partial charge in [0.15, 0.2) is 0 Å². The van der Waals surface area contributed by atoms with Crippen molar-refractivity contribution >= 4 is 25.3 Å². The molecule has 0 aromatic rings. The first-order valence-corrected chi connectivity index (χ1v) is 3.85. The summed E-state index contributed by atoms with van der Waals surface area (Å²) in [7, 11) is 0. The third-order valence-corrected chi connectivity index (χ3v) is 2.08. The van der Waals surface area contributed by atoms with Crippen molar-refractivity contribution in [1.82, 2.24) is 0 Å². The molecule has 0 fully saturated rings. The minimum atomic E-state index is 0.450. The van der Waals surface area contributed by atoms with Crippen molar-refractivity contribution in [3.63, 3.8) is 0 Å². The second-order valence-corrected chi connectivity index (χ2v) is 3.51. The molecule has 0 saturated carbocycles. The van der Waals surface area contributed by atoms with Gasteiger partial charge >= 0.3 is 0 Å². The van der Waals surface area contributed by atoms with E-state index in [-0.39, 0.29) is 0 Å². The van der Waals surface area contributed by atoms with Gasteiger partial charge in [-0.05, 0) is 12.8 Å². The Hall–Kier alpha value is 0.440. The van der Waals surface area contributed by atoms with Crippen molar-refractivity contribution in [3.05, 3.63) is 12.2 Å². The molecule has 0 saturated heterocycles. The van der Waals surface area contributed by atoms with E-state index >= 15 is 0 Å². The van der Waals surface area contributed by atoms with Crippen molar-refractivity contribution in [1.29, 1.82) is 0 Å². The summed E-state index contributed by atoms with van der Waals surface area (Å²) in [5.74, 6) is 0. The van der Waals surface area contributed by atoms with Crippen molar-refractivity contribution in [2.45, 2.75) is 23.3 Å². The van der Waals surface area contributed by atoms with E-state index in [2.05, 4.69) is 37.4 Å². The monoisotopic (exact) mass is 146 g/mol. The summed E-state index contributed by atoms with van der Waals surface area (Å²) in [5.41, 5.74) is 0. The Labute approximate surface area is 61.2 Å². The molecule has 0 radical (unpaired) electrons. The lowest BCUT2D eigenvalue weighted by atomic mass is 10.1. The standard InChI is InChI=1S/C6H10S2/c7-5-2-1-3-6(8)4-5/h1-2,5-8H,3-4H2. The van der Waals surface area contributed by atoms with Gasteiger partial charge in [-0.15, -0.1) is 0 Å². The van der Waals surface area contributed by atoms with Gasteiger partial charge in [-0.25, -0.2) is 0 Å². The highest BCUT2D eigenvalue weighted by atomic mass is 32.1. The Bertz CT molecular complexity index is 98.7. The highest BCUT2D eigenvalue weighted by Gasteiger charge is 2.09. The average Bonchev–Trinajstić information content (AvgIpc) is 1.64. The SMILES string of the molecule is SC1C=CCC(S)C1. The number of allylic oxidation sites excluding steroid dienone is 1. The maximum absolute atomic E-state index is 4.32. The second-order valence-electron chi connectivity index (χ2n) is 2.12. The molecule has 0 heterocycles. The van der Waals surface area contributed by atoms with E-state index in [1.54, 1.807) is 0 Å². The minimum absolute atomic E-state index is 0.450. The van der Waals surface area contributed by atoms with Gasteiger partial charge < -0.3 is 0 Å². The molecule has 0 amide bonds. The molecule has 0 aromatic heterocycles. The van der Waals surface area contributed by atoms with Crippen LogP contribution in [0.25, 0.3) is 0 Å². The number of hydrogen-bond donors (Lipinski definition) is 2. The van der Waals surface area contributed by atoms with Crippen LogP contribution in [0.1, 0.15) is 12.8 Å². The first-order valence-electron chi connectivity index (χ1n) is 2.82.